The van der Waals surface area contributed by atoms with E-state index in [1.807, 2.05) is 12.1 Å². The monoisotopic (exact) mass is 397 g/mol. The Labute approximate surface area is 169 Å². The number of hydrogen-bond donors (Lipinski definition) is 0. The summed E-state index contributed by atoms with van der Waals surface area (Å²) in [4.78, 5) is 22.0. The molecule has 0 heterocycles. The van der Waals surface area contributed by atoms with Crippen LogP contribution in [0.3, 0.4) is 0 Å². The fraction of sp³-hybridized carbons (Fsp3) is 0.261. The number of esters is 1. The first kappa shape index (κ1) is 22.0. The molecule has 0 aliphatic carbocycles. The summed E-state index contributed by atoms with van der Waals surface area (Å²) in [5.41, 5.74) is 1.78. The summed E-state index contributed by atoms with van der Waals surface area (Å²) in [5.74, 6) is -0.495. The molecule has 2 aromatic rings. The van der Waals surface area contributed by atoms with Crippen LogP contribution in [0.5, 0.6) is 5.75 Å². The maximum absolute atomic E-state index is 13.5. The predicted molar refractivity (Wildman–Crippen MR) is 111 cm³/mol. The lowest BCUT2D eigenvalue weighted by Gasteiger charge is -2.07. The maximum Gasteiger partial charge on any atom is 0.315 e. The SMILES string of the molecule is CCCCC/C(=C\C=C\CC(=O)Oc1ccc([N+](=O)[O-])cc1)c1cccc(F)c1. The van der Waals surface area contributed by atoms with Gasteiger partial charge >= 0.3 is 5.97 Å². The topological polar surface area (TPSA) is 69.4 Å². The highest BCUT2D eigenvalue weighted by atomic mass is 19.1. The normalized spacial score (nSPS) is 11.6. The number of rotatable bonds is 10. The summed E-state index contributed by atoms with van der Waals surface area (Å²) in [6.07, 6.45) is 9.42. The van der Waals surface area contributed by atoms with Gasteiger partial charge in [0, 0.05) is 12.1 Å². The molecular formula is C23H24FNO4. The molecule has 0 spiro atoms. The van der Waals surface area contributed by atoms with Crippen LogP contribution >= 0.6 is 0 Å². The van der Waals surface area contributed by atoms with E-state index in [0.717, 1.165) is 36.8 Å². The highest BCUT2D eigenvalue weighted by Gasteiger charge is 2.07. The van der Waals surface area contributed by atoms with Crippen LogP contribution in [0.25, 0.3) is 5.57 Å². The molecule has 0 aliphatic heterocycles. The number of benzene rings is 2. The van der Waals surface area contributed by atoms with Gasteiger partial charge in [0.25, 0.3) is 5.69 Å². The van der Waals surface area contributed by atoms with Crippen molar-refractivity contribution in [3.05, 3.63) is 88.3 Å². The minimum absolute atomic E-state index is 0.0544. The number of allylic oxidation sites excluding steroid dienone is 3. The van der Waals surface area contributed by atoms with Crippen LogP contribution in [0.1, 0.15) is 44.6 Å². The Morgan fingerprint density at radius 3 is 2.59 bits per heavy atom. The maximum atomic E-state index is 13.5. The van der Waals surface area contributed by atoms with E-state index in [2.05, 4.69) is 6.92 Å². The van der Waals surface area contributed by atoms with Gasteiger partial charge in [-0.1, -0.05) is 50.1 Å². The van der Waals surface area contributed by atoms with E-state index in [1.165, 1.54) is 36.4 Å². The molecule has 0 fully saturated rings. The van der Waals surface area contributed by atoms with Gasteiger partial charge < -0.3 is 4.74 Å². The van der Waals surface area contributed by atoms with Gasteiger partial charge in [0.05, 0.1) is 11.3 Å². The first-order valence-electron chi connectivity index (χ1n) is 9.56. The predicted octanol–water partition coefficient (Wildman–Crippen LogP) is 6.25. The molecule has 0 radical (unpaired) electrons. The van der Waals surface area contributed by atoms with Crippen molar-refractivity contribution in [1.82, 2.24) is 0 Å². The summed E-state index contributed by atoms with van der Waals surface area (Å²) < 4.78 is 18.7. The van der Waals surface area contributed by atoms with E-state index in [1.54, 1.807) is 18.2 Å². The van der Waals surface area contributed by atoms with E-state index in [9.17, 15) is 19.3 Å². The van der Waals surface area contributed by atoms with Crippen molar-refractivity contribution in [3.63, 3.8) is 0 Å². The fourth-order valence-corrected chi connectivity index (χ4v) is 2.74. The zero-order valence-corrected chi connectivity index (χ0v) is 16.3. The van der Waals surface area contributed by atoms with Gasteiger partial charge in [0.15, 0.2) is 0 Å². The quantitative estimate of drug-likeness (QED) is 0.119. The van der Waals surface area contributed by atoms with Crippen molar-refractivity contribution < 1.29 is 18.8 Å². The molecule has 2 aromatic carbocycles. The molecule has 0 amide bonds. The molecule has 0 unspecified atom stereocenters. The highest BCUT2D eigenvalue weighted by Crippen LogP contribution is 2.22. The number of nitro benzene ring substituents is 1. The van der Waals surface area contributed by atoms with Gasteiger partial charge in [-0.05, 0) is 48.2 Å². The second-order valence-electron chi connectivity index (χ2n) is 6.52. The average molecular weight is 397 g/mol. The minimum Gasteiger partial charge on any atom is -0.426 e. The molecule has 0 bridgehead atoms. The molecular weight excluding hydrogens is 373 g/mol. The number of non-ortho nitro benzene ring substituents is 1. The number of unbranched alkanes of at least 4 members (excludes halogenated alkanes) is 2. The van der Waals surface area contributed by atoms with Gasteiger partial charge in [-0.3, -0.25) is 14.9 Å². The third-order valence-electron chi connectivity index (χ3n) is 4.24. The molecule has 0 saturated heterocycles. The van der Waals surface area contributed by atoms with Crippen molar-refractivity contribution in [1.29, 1.82) is 0 Å². The van der Waals surface area contributed by atoms with Crippen LogP contribution in [-0.2, 0) is 4.79 Å². The second-order valence-corrected chi connectivity index (χ2v) is 6.52. The summed E-state index contributed by atoms with van der Waals surface area (Å²) in [6.45, 7) is 2.13. The van der Waals surface area contributed by atoms with E-state index in [-0.39, 0.29) is 23.7 Å². The van der Waals surface area contributed by atoms with Gasteiger partial charge in [0.1, 0.15) is 11.6 Å². The van der Waals surface area contributed by atoms with Crippen LogP contribution in [0, 0.1) is 15.9 Å². The second kappa shape index (κ2) is 11.5. The van der Waals surface area contributed by atoms with Crippen LogP contribution in [0.4, 0.5) is 10.1 Å². The van der Waals surface area contributed by atoms with Crippen LogP contribution in [0.15, 0.2) is 66.8 Å². The van der Waals surface area contributed by atoms with Gasteiger partial charge in [-0.25, -0.2) is 4.39 Å². The number of carbonyl (C=O) groups excluding carboxylic acids is 1. The molecule has 0 atom stereocenters. The largest absolute Gasteiger partial charge is 0.426 e. The lowest BCUT2D eigenvalue weighted by atomic mass is 9.99. The molecule has 29 heavy (non-hydrogen) atoms. The Hall–Kier alpha value is -3.28. The molecule has 0 saturated carbocycles. The lowest BCUT2D eigenvalue weighted by molar-refractivity contribution is -0.384. The number of halogens is 1. The number of ether oxygens (including phenoxy) is 1. The van der Waals surface area contributed by atoms with Crippen molar-refractivity contribution in [2.45, 2.75) is 39.0 Å². The van der Waals surface area contributed by atoms with Crippen LogP contribution < -0.4 is 4.74 Å². The Bertz CT molecular complexity index is 888. The first-order chi connectivity index (χ1) is 14.0. The zero-order valence-electron chi connectivity index (χ0n) is 16.3. The van der Waals surface area contributed by atoms with Crippen molar-refractivity contribution in [2.24, 2.45) is 0 Å². The van der Waals surface area contributed by atoms with E-state index >= 15 is 0 Å². The van der Waals surface area contributed by atoms with E-state index in [0.29, 0.717) is 0 Å². The molecule has 152 valence electrons. The van der Waals surface area contributed by atoms with Gasteiger partial charge in [0.2, 0.25) is 0 Å². The Kier molecular flexibility index (Phi) is 8.76. The average Bonchev–Trinajstić information content (AvgIpc) is 2.70. The Morgan fingerprint density at radius 1 is 1.17 bits per heavy atom. The number of hydrogen-bond acceptors (Lipinski definition) is 4. The summed E-state index contributed by atoms with van der Waals surface area (Å²) >= 11 is 0. The van der Waals surface area contributed by atoms with Crippen molar-refractivity contribution in [3.8, 4) is 5.75 Å². The standard InChI is InChI=1S/C23H24FNO4/c1-2-3-4-8-18(19-10-7-11-20(24)17-19)9-5-6-12-23(26)29-22-15-13-21(14-16-22)25(27)28/h5-7,9-11,13-17H,2-4,8,12H2,1H3/b6-5+,18-9+. The smallest absolute Gasteiger partial charge is 0.315 e. The van der Waals surface area contributed by atoms with Gasteiger partial charge in [-0.15, -0.1) is 0 Å². The van der Waals surface area contributed by atoms with Crippen molar-refractivity contribution >= 4 is 17.2 Å². The first-order valence-corrected chi connectivity index (χ1v) is 9.56. The fourth-order valence-electron chi connectivity index (χ4n) is 2.74. The third-order valence-corrected chi connectivity index (χ3v) is 4.24. The number of carbonyl (C=O) groups is 1. The summed E-state index contributed by atoms with van der Waals surface area (Å²) in [6, 6.07) is 11.8. The molecule has 6 heteroatoms. The highest BCUT2D eigenvalue weighted by molar-refractivity contribution is 5.74. The molecule has 5 nitrogen and oxygen atoms in total. The summed E-state index contributed by atoms with van der Waals surface area (Å²) in [7, 11) is 0. The molecule has 0 N–H and O–H groups in total. The van der Waals surface area contributed by atoms with Gasteiger partial charge in [-0.2, -0.15) is 0 Å². The lowest BCUT2D eigenvalue weighted by Crippen LogP contribution is -2.06. The zero-order chi connectivity index (χ0) is 21.1. The third kappa shape index (κ3) is 7.70. The molecule has 0 aromatic heterocycles. The minimum atomic E-state index is -0.516. The van der Waals surface area contributed by atoms with Crippen LogP contribution in [-0.4, -0.2) is 10.9 Å². The summed E-state index contributed by atoms with van der Waals surface area (Å²) in [5, 5.41) is 10.6. The molecule has 2 rings (SSSR count). The number of nitrogens with zero attached hydrogens (tertiary/aromatic N) is 1. The Balaban J connectivity index is 1.96. The number of nitro groups is 1. The molecule has 0 aliphatic rings. The van der Waals surface area contributed by atoms with Crippen molar-refractivity contribution in [2.75, 3.05) is 0 Å². The van der Waals surface area contributed by atoms with E-state index in [4.69, 9.17) is 4.74 Å². The van der Waals surface area contributed by atoms with Crippen LogP contribution in [0.2, 0.25) is 0 Å². The van der Waals surface area contributed by atoms with E-state index < -0.39 is 10.9 Å². The Morgan fingerprint density at radius 2 is 1.93 bits per heavy atom.